The van der Waals surface area contributed by atoms with Crippen molar-refractivity contribution in [2.24, 2.45) is 0 Å². The molecular weight excluding hydrogens is 372 g/mol. The Balaban J connectivity index is 1.89. The van der Waals surface area contributed by atoms with E-state index in [0.717, 1.165) is 45.5 Å². The zero-order valence-corrected chi connectivity index (χ0v) is 16.8. The number of benzene rings is 2. The molecular formula is C25H24N4O+2. The van der Waals surface area contributed by atoms with Gasteiger partial charge >= 0.3 is 0 Å². The van der Waals surface area contributed by atoms with Gasteiger partial charge in [0.2, 0.25) is 0 Å². The molecule has 2 heterocycles. The number of carbonyl (C=O) groups excluding carboxylic acids is 1. The van der Waals surface area contributed by atoms with Crippen LogP contribution in [-0.2, 0) is 17.9 Å². The fourth-order valence-corrected chi connectivity index (χ4v) is 3.45. The standard InChI is InChI=1S/C25H22N4O/c1-2-24(30)28-16-23-21-14-20(18-6-4-3-5-7-18)25(29-22(21)12-13-27-23)19-10-8-17(15-26)9-11-19/h3-14H,1-2,15-16,26H2/p+2. The molecule has 0 saturated heterocycles. The third kappa shape index (κ3) is 4.02. The average molecular weight is 396 g/mol. The van der Waals surface area contributed by atoms with Crippen LogP contribution < -0.4 is 11.1 Å². The maximum Gasteiger partial charge on any atom is 0.265 e. The van der Waals surface area contributed by atoms with E-state index >= 15 is 0 Å². The number of hydrogen-bond donors (Lipinski definition) is 2. The quantitative estimate of drug-likeness (QED) is 0.489. The van der Waals surface area contributed by atoms with Crippen molar-refractivity contribution in [3.8, 4) is 22.4 Å². The normalized spacial score (nSPS) is 10.8. The number of quaternary nitrogens is 1. The van der Waals surface area contributed by atoms with Crippen molar-refractivity contribution in [3.63, 3.8) is 0 Å². The second-order valence-electron chi connectivity index (χ2n) is 7.05. The van der Waals surface area contributed by atoms with E-state index in [2.05, 4.69) is 65.4 Å². The van der Waals surface area contributed by atoms with Crippen LogP contribution in [0, 0.1) is 6.92 Å². The molecule has 4 aromatic rings. The zero-order chi connectivity index (χ0) is 20.9. The lowest BCUT2D eigenvalue weighted by molar-refractivity contribution is -0.386. The Morgan fingerprint density at radius 1 is 1.00 bits per heavy atom. The first kappa shape index (κ1) is 19.6. The Hall–Kier alpha value is -3.70. The Bertz CT molecular complexity index is 1170. The van der Waals surface area contributed by atoms with Gasteiger partial charge in [0, 0.05) is 28.3 Å². The van der Waals surface area contributed by atoms with Crippen molar-refractivity contribution in [2.45, 2.75) is 19.5 Å². The van der Waals surface area contributed by atoms with Crippen molar-refractivity contribution in [2.75, 3.05) is 0 Å². The van der Waals surface area contributed by atoms with E-state index in [-0.39, 0.29) is 12.3 Å². The number of fused-ring (bicyclic) bond motifs is 1. The largest absolute Gasteiger partial charge is 0.354 e. The number of nitrogens with one attached hydrogen (secondary N) is 1. The molecule has 0 fully saturated rings. The van der Waals surface area contributed by atoms with Gasteiger partial charge in [0.15, 0.2) is 6.42 Å². The third-order valence-corrected chi connectivity index (χ3v) is 5.11. The zero-order valence-electron chi connectivity index (χ0n) is 16.8. The summed E-state index contributed by atoms with van der Waals surface area (Å²) in [6.45, 7) is 4.72. The van der Waals surface area contributed by atoms with E-state index in [1.165, 1.54) is 5.56 Å². The van der Waals surface area contributed by atoms with Crippen molar-refractivity contribution < 1.29 is 10.5 Å². The van der Waals surface area contributed by atoms with Crippen LogP contribution in [0.2, 0.25) is 0 Å². The number of rotatable bonds is 6. The SMILES string of the molecule is [CH2+]CC(=O)NCc1nccc2nc(-c3ccc(C[NH3+])cc3)c(-c3ccccc3)cc12. The average Bonchev–Trinajstić information content (AvgIpc) is 2.82. The minimum atomic E-state index is -0.104. The highest BCUT2D eigenvalue weighted by Gasteiger charge is 2.14. The summed E-state index contributed by atoms with van der Waals surface area (Å²) in [5.41, 5.74) is 10.9. The second kappa shape index (κ2) is 8.76. The molecule has 0 unspecified atom stereocenters. The van der Waals surface area contributed by atoms with Gasteiger partial charge in [0.1, 0.15) is 0 Å². The van der Waals surface area contributed by atoms with E-state index in [0.29, 0.717) is 6.54 Å². The molecule has 4 N–H and O–H groups in total. The molecule has 0 radical (unpaired) electrons. The molecule has 5 nitrogen and oxygen atoms in total. The Morgan fingerprint density at radius 2 is 1.77 bits per heavy atom. The van der Waals surface area contributed by atoms with Crippen molar-refractivity contribution in [1.29, 1.82) is 0 Å². The first-order valence-electron chi connectivity index (χ1n) is 9.98. The van der Waals surface area contributed by atoms with Crippen molar-refractivity contribution in [3.05, 3.63) is 91.1 Å². The molecule has 30 heavy (non-hydrogen) atoms. The van der Waals surface area contributed by atoms with Crippen LogP contribution in [0.15, 0.2) is 72.9 Å². The van der Waals surface area contributed by atoms with Gasteiger partial charge < -0.3 is 11.1 Å². The Morgan fingerprint density at radius 3 is 2.47 bits per heavy atom. The highest BCUT2D eigenvalue weighted by Crippen LogP contribution is 2.34. The maximum absolute atomic E-state index is 11.7. The minimum Gasteiger partial charge on any atom is -0.354 e. The fraction of sp³-hybridized carbons (Fsp3) is 0.120. The maximum atomic E-state index is 11.7. The lowest BCUT2D eigenvalue weighted by Gasteiger charge is -2.14. The summed E-state index contributed by atoms with van der Waals surface area (Å²) >= 11 is 0. The van der Waals surface area contributed by atoms with Crippen LogP contribution >= 0.6 is 0 Å². The van der Waals surface area contributed by atoms with Gasteiger partial charge in [-0.15, -0.1) is 0 Å². The Labute approximate surface area is 176 Å². The van der Waals surface area contributed by atoms with Crippen LogP contribution in [0.1, 0.15) is 17.7 Å². The van der Waals surface area contributed by atoms with Gasteiger partial charge in [-0.05, 0) is 17.7 Å². The number of carbonyl (C=O) groups is 1. The third-order valence-electron chi connectivity index (χ3n) is 5.11. The van der Waals surface area contributed by atoms with Gasteiger partial charge in [0.05, 0.1) is 36.9 Å². The van der Waals surface area contributed by atoms with Gasteiger partial charge in [-0.25, -0.2) is 4.98 Å². The van der Waals surface area contributed by atoms with E-state index in [1.54, 1.807) is 6.20 Å². The molecule has 148 valence electrons. The van der Waals surface area contributed by atoms with Gasteiger partial charge in [-0.2, -0.15) is 0 Å². The fourth-order valence-electron chi connectivity index (χ4n) is 3.45. The van der Waals surface area contributed by atoms with Crippen LogP contribution in [0.5, 0.6) is 0 Å². The van der Waals surface area contributed by atoms with Gasteiger partial charge in [0.25, 0.3) is 5.91 Å². The predicted octanol–water partition coefficient (Wildman–Crippen LogP) is 3.55. The molecule has 5 heteroatoms. The van der Waals surface area contributed by atoms with Crippen molar-refractivity contribution >= 4 is 16.8 Å². The number of nitrogens with zero attached hydrogens (tertiary/aromatic N) is 2. The molecule has 2 aromatic carbocycles. The lowest BCUT2D eigenvalue weighted by Crippen LogP contribution is -2.47. The molecule has 0 aliphatic carbocycles. The van der Waals surface area contributed by atoms with Crippen LogP contribution in [0.4, 0.5) is 0 Å². The number of aromatic nitrogens is 2. The van der Waals surface area contributed by atoms with Gasteiger partial charge in [-0.1, -0.05) is 54.6 Å². The number of pyridine rings is 2. The topological polar surface area (TPSA) is 82.5 Å². The molecule has 0 spiro atoms. The van der Waals surface area contributed by atoms with E-state index in [4.69, 9.17) is 4.98 Å². The summed E-state index contributed by atoms with van der Waals surface area (Å²) in [7, 11) is 0. The molecule has 2 aromatic heterocycles. The lowest BCUT2D eigenvalue weighted by atomic mass is 9.96. The van der Waals surface area contributed by atoms with E-state index in [9.17, 15) is 4.79 Å². The first-order chi connectivity index (χ1) is 14.7. The molecule has 0 bridgehead atoms. The minimum absolute atomic E-state index is 0.104. The number of hydrogen-bond acceptors (Lipinski definition) is 3. The smallest absolute Gasteiger partial charge is 0.265 e. The summed E-state index contributed by atoms with van der Waals surface area (Å²) in [6.07, 6.45) is 1.94. The van der Waals surface area contributed by atoms with Crippen LogP contribution in [-0.4, -0.2) is 15.9 Å². The summed E-state index contributed by atoms with van der Waals surface area (Å²) in [5, 5.41) is 3.79. The van der Waals surface area contributed by atoms with Gasteiger partial charge in [-0.3, -0.25) is 9.78 Å². The molecule has 0 aliphatic heterocycles. The summed E-state index contributed by atoms with van der Waals surface area (Å²) < 4.78 is 0. The first-order valence-corrected chi connectivity index (χ1v) is 9.98. The van der Waals surface area contributed by atoms with E-state index < -0.39 is 0 Å². The summed E-state index contributed by atoms with van der Waals surface area (Å²) in [6, 6.07) is 22.6. The van der Waals surface area contributed by atoms with Crippen LogP contribution in [0.3, 0.4) is 0 Å². The highest BCUT2D eigenvalue weighted by atomic mass is 16.1. The second-order valence-corrected chi connectivity index (χ2v) is 7.05. The Kier molecular flexibility index (Phi) is 5.72. The molecule has 0 saturated carbocycles. The molecule has 0 atom stereocenters. The van der Waals surface area contributed by atoms with E-state index in [1.807, 2.05) is 24.3 Å². The molecule has 0 aliphatic rings. The molecule has 1 amide bonds. The number of amides is 1. The predicted molar refractivity (Wildman–Crippen MR) is 119 cm³/mol. The van der Waals surface area contributed by atoms with Crippen LogP contribution in [0.25, 0.3) is 33.3 Å². The van der Waals surface area contributed by atoms with Crippen molar-refractivity contribution in [1.82, 2.24) is 15.3 Å². The highest BCUT2D eigenvalue weighted by molar-refractivity contribution is 5.92. The molecule has 4 rings (SSSR count). The monoisotopic (exact) mass is 396 g/mol. The summed E-state index contributed by atoms with van der Waals surface area (Å²) in [4.78, 5) is 21.2. The summed E-state index contributed by atoms with van der Waals surface area (Å²) in [5.74, 6) is -0.104.